The molecule has 3 atom stereocenters. The number of rotatable bonds is 8. The lowest BCUT2D eigenvalue weighted by molar-refractivity contribution is -0.165. The van der Waals surface area contributed by atoms with Crippen molar-refractivity contribution in [3.05, 3.63) is 71.8 Å². The van der Waals surface area contributed by atoms with Crippen LogP contribution in [0.2, 0.25) is 0 Å². The van der Waals surface area contributed by atoms with Crippen molar-refractivity contribution in [2.75, 3.05) is 6.54 Å². The number of carbonyl (C=O) groups is 2. The molecule has 0 unspecified atom stereocenters. The van der Waals surface area contributed by atoms with E-state index in [0.717, 1.165) is 24.0 Å². The number of amides is 2. The van der Waals surface area contributed by atoms with Gasteiger partial charge in [0.1, 0.15) is 12.1 Å². The second-order valence-electron chi connectivity index (χ2n) is 8.21. The largest absolute Gasteiger partial charge is 0.371 e. The Morgan fingerprint density at radius 1 is 0.867 bits per heavy atom. The van der Waals surface area contributed by atoms with E-state index >= 15 is 0 Å². The van der Waals surface area contributed by atoms with E-state index in [-0.39, 0.29) is 17.9 Å². The van der Waals surface area contributed by atoms with Crippen LogP contribution in [-0.2, 0) is 27.5 Å². The molecule has 158 valence electrons. The molecule has 3 fully saturated rings. The van der Waals surface area contributed by atoms with Gasteiger partial charge in [-0.15, -0.1) is 0 Å². The van der Waals surface area contributed by atoms with Crippen LogP contribution in [0.5, 0.6) is 0 Å². The van der Waals surface area contributed by atoms with Crippen LogP contribution < -0.4 is 0 Å². The van der Waals surface area contributed by atoms with Crippen molar-refractivity contribution in [2.24, 2.45) is 0 Å². The molecular weight excluding hydrogens is 376 g/mol. The fourth-order valence-electron chi connectivity index (χ4n) is 4.54. The molecule has 2 aromatic carbocycles. The molecule has 3 aliphatic heterocycles. The first-order valence-electron chi connectivity index (χ1n) is 11.0. The molecular formula is C25H30N2O3. The van der Waals surface area contributed by atoms with Gasteiger partial charge in [-0.1, -0.05) is 74.0 Å². The van der Waals surface area contributed by atoms with Crippen LogP contribution in [0.3, 0.4) is 0 Å². The Kier molecular flexibility index (Phi) is 6.48. The van der Waals surface area contributed by atoms with Crippen LogP contribution in [-0.4, -0.2) is 46.3 Å². The van der Waals surface area contributed by atoms with Gasteiger partial charge < -0.3 is 14.5 Å². The third-order valence-corrected chi connectivity index (χ3v) is 6.15. The average molecular weight is 407 g/mol. The van der Waals surface area contributed by atoms with E-state index in [9.17, 15) is 9.59 Å². The van der Waals surface area contributed by atoms with Gasteiger partial charge in [0.2, 0.25) is 11.8 Å². The highest BCUT2D eigenvalue weighted by Gasteiger charge is 2.51. The smallest absolute Gasteiger partial charge is 0.249 e. The van der Waals surface area contributed by atoms with Crippen molar-refractivity contribution in [3.8, 4) is 0 Å². The molecule has 5 nitrogen and oxygen atoms in total. The van der Waals surface area contributed by atoms with Crippen molar-refractivity contribution in [2.45, 2.75) is 63.9 Å². The summed E-state index contributed by atoms with van der Waals surface area (Å²) in [5.74, 6) is 0.102. The van der Waals surface area contributed by atoms with Crippen LogP contribution >= 0.6 is 0 Å². The van der Waals surface area contributed by atoms with Gasteiger partial charge in [-0.05, 0) is 30.4 Å². The van der Waals surface area contributed by atoms with Gasteiger partial charge in [0, 0.05) is 13.1 Å². The number of unbranched alkanes of at least 4 members (excludes halogenated alkanes) is 1. The first-order valence-corrected chi connectivity index (χ1v) is 11.0. The minimum Gasteiger partial charge on any atom is -0.371 e. The molecule has 30 heavy (non-hydrogen) atoms. The molecule has 3 heterocycles. The zero-order valence-corrected chi connectivity index (χ0v) is 17.6. The van der Waals surface area contributed by atoms with E-state index in [4.69, 9.17) is 4.74 Å². The van der Waals surface area contributed by atoms with Crippen LogP contribution in [0, 0.1) is 0 Å². The maximum Gasteiger partial charge on any atom is 0.249 e. The number of benzene rings is 2. The third kappa shape index (κ3) is 4.26. The number of hydrogen-bond donors (Lipinski definition) is 0. The average Bonchev–Trinajstić information content (AvgIpc) is 3.00. The maximum atomic E-state index is 13.6. The Hall–Kier alpha value is -2.66. The highest BCUT2D eigenvalue weighted by molar-refractivity contribution is 5.98. The lowest BCUT2D eigenvalue weighted by Crippen LogP contribution is -2.65. The molecule has 0 spiro atoms. The molecule has 0 saturated carbocycles. The highest BCUT2D eigenvalue weighted by Crippen LogP contribution is 2.33. The number of fused-ring (bicyclic) bond motifs is 4. The molecule has 5 rings (SSSR count). The van der Waals surface area contributed by atoms with Crippen LogP contribution in [0.15, 0.2) is 60.7 Å². The zero-order chi connectivity index (χ0) is 20.9. The summed E-state index contributed by atoms with van der Waals surface area (Å²) in [6.07, 6.45) is 2.97. The molecule has 3 saturated heterocycles. The number of piperazine rings is 1. The second kappa shape index (κ2) is 9.43. The summed E-state index contributed by atoms with van der Waals surface area (Å²) in [6.45, 7) is 3.65. The quantitative estimate of drug-likeness (QED) is 0.670. The Labute approximate surface area is 178 Å². The number of carbonyl (C=O) groups excluding carboxylic acids is 2. The van der Waals surface area contributed by atoms with Gasteiger partial charge in [-0.3, -0.25) is 9.59 Å². The molecule has 2 bridgehead atoms. The van der Waals surface area contributed by atoms with E-state index in [2.05, 4.69) is 6.92 Å². The first-order chi connectivity index (χ1) is 14.7. The van der Waals surface area contributed by atoms with Gasteiger partial charge >= 0.3 is 0 Å². The highest BCUT2D eigenvalue weighted by atomic mass is 16.5. The van der Waals surface area contributed by atoms with E-state index in [1.807, 2.05) is 60.7 Å². The Morgan fingerprint density at radius 2 is 1.53 bits per heavy atom. The van der Waals surface area contributed by atoms with Gasteiger partial charge in [0.15, 0.2) is 0 Å². The van der Waals surface area contributed by atoms with E-state index < -0.39 is 12.1 Å². The predicted octanol–water partition coefficient (Wildman–Crippen LogP) is 3.77. The fourth-order valence-corrected chi connectivity index (χ4v) is 4.54. The van der Waals surface area contributed by atoms with Crippen molar-refractivity contribution in [3.63, 3.8) is 0 Å². The van der Waals surface area contributed by atoms with Crippen LogP contribution in [0.25, 0.3) is 0 Å². The second-order valence-corrected chi connectivity index (χ2v) is 8.21. The SMILES string of the molecule is CCCCN1C(=O)[C@@H]2CC[C@@H](OCc3ccccc3)[C@H]1C(=O)N2Cc1ccccc1. The van der Waals surface area contributed by atoms with Crippen molar-refractivity contribution in [1.82, 2.24) is 9.80 Å². The Balaban J connectivity index is 1.58. The minimum atomic E-state index is -0.532. The summed E-state index contributed by atoms with van der Waals surface area (Å²) in [5, 5.41) is 0. The van der Waals surface area contributed by atoms with Gasteiger partial charge in [0.05, 0.1) is 12.7 Å². The molecule has 0 aliphatic carbocycles. The Bertz CT molecular complexity index is 855. The summed E-state index contributed by atoms with van der Waals surface area (Å²) in [6, 6.07) is 19.0. The van der Waals surface area contributed by atoms with Crippen LogP contribution in [0.4, 0.5) is 0 Å². The molecule has 3 aliphatic rings. The predicted molar refractivity (Wildman–Crippen MR) is 115 cm³/mol. The van der Waals surface area contributed by atoms with Crippen molar-refractivity contribution in [1.29, 1.82) is 0 Å². The molecule has 0 aromatic heterocycles. The lowest BCUT2D eigenvalue weighted by Gasteiger charge is -2.44. The monoisotopic (exact) mass is 406 g/mol. The van der Waals surface area contributed by atoms with E-state index in [1.54, 1.807) is 9.80 Å². The van der Waals surface area contributed by atoms with E-state index in [0.29, 0.717) is 32.5 Å². The summed E-state index contributed by atoms with van der Waals surface area (Å²) >= 11 is 0. The third-order valence-electron chi connectivity index (χ3n) is 6.15. The molecule has 2 aromatic rings. The van der Waals surface area contributed by atoms with Gasteiger partial charge in [-0.25, -0.2) is 0 Å². The standard InChI is InChI=1S/C25H30N2O3/c1-2-3-16-26-23-22(30-18-20-12-8-5-9-13-20)15-14-21(24(26)28)27(25(23)29)17-19-10-6-4-7-11-19/h4-13,21-23H,2-3,14-18H2,1H3/t21-,22+,23-/m0/s1. The van der Waals surface area contributed by atoms with Crippen molar-refractivity contribution < 1.29 is 14.3 Å². The normalized spacial score (nSPS) is 23.7. The zero-order valence-electron chi connectivity index (χ0n) is 17.6. The summed E-state index contributed by atoms with van der Waals surface area (Å²) in [4.78, 5) is 30.6. The maximum absolute atomic E-state index is 13.6. The summed E-state index contributed by atoms with van der Waals surface area (Å²) < 4.78 is 6.27. The molecule has 0 N–H and O–H groups in total. The molecule has 5 heteroatoms. The molecule has 2 amide bonds. The topological polar surface area (TPSA) is 49.9 Å². The van der Waals surface area contributed by atoms with Gasteiger partial charge in [-0.2, -0.15) is 0 Å². The Morgan fingerprint density at radius 3 is 2.20 bits per heavy atom. The number of nitrogens with zero attached hydrogens (tertiary/aromatic N) is 2. The number of hydrogen-bond acceptors (Lipinski definition) is 3. The summed E-state index contributed by atoms with van der Waals surface area (Å²) in [5.41, 5.74) is 2.13. The van der Waals surface area contributed by atoms with Gasteiger partial charge in [0.25, 0.3) is 0 Å². The lowest BCUT2D eigenvalue weighted by atomic mass is 10.0. The van der Waals surface area contributed by atoms with Crippen LogP contribution in [0.1, 0.15) is 43.7 Å². The molecule has 0 radical (unpaired) electrons. The summed E-state index contributed by atoms with van der Waals surface area (Å²) in [7, 11) is 0. The number of ether oxygens (including phenoxy) is 1. The minimum absolute atomic E-state index is 0.0233. The first kappa shape index (κ1) is 20.6. The van der Waals surface area contributed by atoms with E-state index in [1.165, 1.54) is 0 Å². The fraction of sp³-hybridized carbons (Fsp3) is 0.440. The van der Waals surface area contributed by atoms with Crippen molar-refractivity contribution >= 4 is 11.8 Å².